The van der Waals surface area contributed by atoms with Crippen molar-refractivity contribution in [3.63, 3.8) is 0 Å². The fourth-order valence-corrected chi connectivity index (χ4v) is 5.94. The molecular formula is C32H35F3N8O5. The minimum atomic E-state index is -3.44. The van der Waals surface area contributed by atoms with Crippen molar-refractivity contribution in [3.05, 3.63) is 47.9 Å². The number of hydrogen-bond acceptors (Lipinski definition) is 12. The summed E-state index contributed by atoms with van der Waals surface area (Å²) in [6, 6.07) is 10.0. The van der Waals surface area contributed by atoms with Gasteiger partial charge in [0.15, 0.2) is 11.9 Å². The molecule has 3 aliphatic rings. The van der Waals surface area contributed by atoms with Crippen LogP contribution in [0.3, 0.4) is 0 Å². The van der Waals surface area contributed by atoms with E-state index >= 15 is 0 Å². The molecule has 1 aromatic carbocycles. The molecule has 3 aliphatic heterocycles. The molecule has 0 bridgehead atoms. The van der Waals surface area contributed by atoms with Gasteiger partial charge in [-0.1, -0.05) is 0 Å². The van der Waals surface area contributed by atoms with E-state index in [9.17, 15) is 28.3 Å². The normalized spacial score (nSPS) is 20.4. The molecule has 48 heavy (non-hydrogen) atoms. The van der Waals surface area contributed by atoms with Gasteiger partial charge in [-0.15, -0.1) is 0 Å². The van der Waals surface area contributed by atoms with E-state index in [1.165, 1.54) is 32.2 Å². The molecule has 254 valence electrons. The number of nitrogens with one attached hydrogen (secondary N) is 1. The van der Waals surface area contributed by atoms with E-state index in [0.29, 0.717) is 17.7 Å². The molecule has 13 nitrogen and oxygen atoms in total. The van der Waals surface area contributed by atoms with Crippen LogP contribution in [-0.2, 0) is 9.53 Å². The van der Waals surface area contributed by atoms with Crippen LogP contribution in [0.25, 0.3) is 11.3 Å². The van der Waals surface area contributed by atoms with Crippen LogP contribution in [0.1, 0.15) is 18.9 Å². The Morgan fingerprint density at radius 1 is 1.17 bits per heavy atom. The lowest BCUT2D eigenvalue weighted by atomic mass is 10.0. The van der Waals surface area contributed by atoms with Gasteiger partial charge in [-0.05, 0) is 37.3 Å². The number of nitrogens with zero attached hydrogens (tertiary/aromatic N) is 7. The Balaban J connectivity index is 1.15. The topological polar surface area (TPSA) is 149 Å². The highest BCUT2D eigenvalue weighted by molar-refractivity contribution is 5.80. The van der Waals surface area contributed by atoms with E-state index in [0.717, 1.165) is 56.2 Å². The number of benzene rings is 1. The van der Waals surface area contributed by atoms with E-state index < -0.39 is 36.4 Å². The second-order valence-electron chi connectivity index (χ2n) is 11.9. The number of aliphatic hydroxyl groups excluding tert-OH is 1. The van der Waals surface area contributed by atoms with E-state index in [1.807, 2.05) is 12.1 Å². The van der Waals surface area contributed by atoms with E-state index in [2.05, 4.69) is 30.1 Å². The molecule has 0 aliphatic carbocycles. The number of piperazine rings is 1. The average Bonchev–Trinajstić information content (AvgIpc) is 3.05. The molecule has 1 amide bonds. The van der Waals surface area contributed by atoms with Crippen LogP contribution in [-0.4, -0.2) is 120 Å². The summed E-state index contributed by atoms with van der Waals surface area (Å²) in [6.07, 6.45) is -2.27. The van der Waals surface area contributed by atoms with Crippen molar-refractivity contribution in [1.82, 2.24) is 24.8 Å². The van der Waals surface area contributed by atoms with Crippen LogP contribution in [0, 0.1) is 17.1 Å². The van der Waals surface area contributed by atoms with Gasteiger partial charge in [0.1, 0.15) is 35.1 Å². The first-order valence-corrected chi connectivity index (χ1v) is 15.5. The number of pyridine rings is 1. The SMILES string of the molecule is COc1nc(Nc2ncc(F)c(-c3ccc(OC4CCN(C(=O)C(C)O)CC4(F)F)c(C#N)c3)n2)ccc1N1CCN(C2COC2)CC1. The third-order valence-corrected chi connectivity index (χ3v) is 8.66. The molecule has 0 saturated carbocycles. The molecule has 2 aromatic heterocycles. The summed E-state index contributed by atoms with van der Waals surface area (Å²) in [6.45, 7) is 5.21. The molecule has 2 atom stereocenters. The third kappa shape index (κ3) is 6.93. The number of alkyl halides is 2. The number of hydrogen-bond donors (Lipinski definition) is 2. The molecule has 3 saturated heterocycles. The van der Waals surface area contributed by atoms with Crippen molar-refractivity contribution in [2.75, 3.05) is 69.8 Å². The number of carbonyl (C=O) groups excluding carboxylic acids is 1. The Morgan fingerprint density at radius 3 is 2.58 bits per heavy atom. The van der Waals surface area contributed by atoms with Gasteiger partial charge < -0.3 is 34.4 Å². The second-order valence-corrected chi connectivity index (χ2v) is 11.9. The number of carbonyl (C=O) groups is 1. The Labute approximate surface area is 274 Å². The van der Waals surface area contributed by atoms with E-state index in [1.54, 1.807) is 6.07 Å². The Bertz CT molecular complexity index is 1690. The van der Waals surface area contributed by atoms with Crippen LogP contribution >= 0.6 is 0 Å². The lowest BCUT2D eigenvalue weighted by molar-refractivity contribution is -0.165. The molecule has 0 spiro atoms. The van der Waals surface area contributed by atoms with Crippen molar-refractivity contribution >= 4 is 23.4 Å². The second kappa shape index (κ2) is 13.8. The van der Waals surface area contributed by atoms with Gasteiger partial charge in [-0.25, -0.2) is 23.1 Å². The van der Waals surface area contributed by atoms with Gasteiger partial charge in [0.2, 0.25) is 11.8 Å². The number of piperidine rings is 1. The highest BCUT2D eigenvalue weighted by atomic mass is 19.3. The summed E-state index contributed by atoms with van der Waals surface area (Å²) in [5, 5.41) is 22.3. The number of anilines is 3. The monoisotopic (exact) mass is 668 g/mol. The van der Waals surface area contributed by atoms with Gasteiger partial charge in [-0.3, -0.25) is 9.69 Å². The number of rotatable bonds is 9. The largest absolute Gasteiger partial charge is 0.483 e. The third-order valence-electron chi connectivity index (χ3n) is 8.66. The zero-order chi connectivity index (χ0) is 34.0. The number of halogens is 3. The van der Waals surface area contributed by atoms with Gasteiger partial charge >= 0.3 is 5.92 Å². The van der Waals surface area contributed by atoms with Crippen molar-refractivity contribution in [2.24, 2.45) is 0 Å². The number of nitriles is 1. The molecule has 16 heteroatoms. The predicted molar refractivity (Wildman–Crippen MR) is 167 cm³/mol. The van der Waals surface area contributed by atoms with Crippen LogP contribution in [0.15, 0.2) is 36.5 Å². The molecule has 0 radical (unpaired) electrons. The van der Waals surface area contributed by atoms with E-state index in [-0.39, 0.29) is 41.5 Å². The smallest absolute Gasteiger partial charge is 0.301 e. The first kappa shape index (κ1) is 33.2. The van der Waals surface area contributed by atoms with Crippen LogP contribution < -0.4 is 19.7 Å². The zero-order valence-electron chi connectivity index (χ0n) is 26.4. The van der Waals surface area contributed by atoms with Crippen molar-refractivity contribution in [3.8, 4) is 29.0 Å². The van der Waals surface area contributed by atoms with E-state index in [4.69, 9.17) is 14.2 Å². The molecule has 2 N–H and O–H groups in total. The quantitative estimate of drug-likeness (QED) is 0.345. The molecular weight excluding hydrogens is 633 g/mol. The maximum Gasteiger partial charge on any atom is 0.301 e. The van der Waals surface area contributed by atoms with Gasteiger partial charge in [0.05, 0.1) is 44.7 Å². The number of methoxy groups -OCH3 is 1. The van der Waals surface area contributed by atoms with Crippen molar-refractivity contribution in [2.45, 2.75) is 37.5 Å². The Kier molecular flexibility index (Phi) is 9.54. The van der Waals surface area contributed by atoms with Crippen LogP contribution in [0.5, 0.6) is 11.6 Å². The summed E-state index contributed by atoms with van der Waals surface area (Å²) in [4.78, 5) is 30.4. The Morgan fingerprint density at radius 2 is 1.94 bits per heavy atom. The zero-order valence-corrected chi connectivity index (χ0v) is 26.4. The van der Waals surface area contributed by atoms with Crippen molar-refractivity contribution < 1.29 is 37.3 Å². The Hall–Kier alpha value is -4.72. The first-order valence-electron chi connectivity index (χ1n) is 15.5. The summed E-state index contributed by atoms with van der Waals surface area (Å²) in [5.41, 5.74) is 0.793. The highest BCUT2D eigenvalue weighted by Crippen LogP contribution is 2.35. The molecule has 2 unspecified atom stereocenters. The van der Waals surface area contributed by atoms with Crippen LogP contribution in [0.2, 0.25) is 0 Å². The first-order chi connectivity index (χ1) is 23.1. The summed E-state index contributed by atoms with van der Waals surface area (Å²) in [5.74, 6) is -4.33. The maximum atomic E-state index is 15.0. The number of ether oxygens (including phenoxy) is 3. The van der Waals surface area contributed by atoms with Gasteiger partial charge in [-0.2, -0.15) is 10.2 Å². The standard InChI is InChI=1S/C32H35F3N8O5/c1-19(44)30(45)43-8-7-26(32(34,35)18-43)48-25-5-3-20(13-21(25)14-36)28-23(33)15-37-31(40-28)39-27-6-4-24(29(38-27)46-2)42-11-9-41(10-12-42)22-16-47-17-22/h3-6,13,15,19,22,26,44H,7-12,16-18H2,1-2H3,(H,37,38,39,40). The van der Waals surface area contributed by atoms with Gasteiger partial charge in [0, 0.05) is 44.7 Å². The van der Waals surface area contributed by atoms with Crippen LogP contribution in [0.4, 0.5) is 30.6 Å². The highest BCUT2D eigenvalue weighted by Gasteiger charge is 2.48. The summed E-state index contributed by atoms with van der Waals surface area (Å²) in [7, 11) is 1.53. The minimum Gasteiger partial charge on any atom is -0.483 e. The number of amides is 1. The maximum absolute atomic E-state index is 15.0. The van der Waals surface area contributed by atoms with Crippen molar-refractivity contribution in [1.29, 1.82) is 5.26 Å². The summed E-state index contributed by atoms with van der Waals surface area (Å²) >= 11 is 0. The van der Waals surface area contributed by atoms with Gasteiger partial charge in [0.25, 0.3) is 5.91 Å². The predicted octanol–water partition coefficient (Wildman–Crippen LogP) is 2.82. The molecule has 5 heterocycles. The molecule has 3 aromatic rings. The fraction of sp³-hybridized carbons (Fsp3) is 0.469. The molecule has 6 rings (SSSR count). The minimum absolute atomic E-state index is 0.0296. The average molecular weight is 669 g/mol. The number of aliphatic hydroxyl groups is 1. The lowest BCUT2D eigenvalue weighted by Crippen LogP contribution is -2.56. The lowest BCUT2D eigenvalue weighted by Gasteiger charge is -2.43. The molecule has 3 fully saturated rings. The number of aromatic nitrogens is 3. The summed E-state index contributed by atoms with van der Waals surface area (Å²) < 4.78 is 61.3. The number of likely N-dealkylation sites (tertiary alicyclic amines) is 1. The fourth-order valence-electron chi connectivity index (χ4n) is 5.94.